The molecule has 0 radical (unpaired) electrons. The van der Waals surface area contributed by atoms with Crippen LogP contribution in [0.1, 0.15) is 28.9 Å². The van der Waals surface area contributed by atoms with Gasteiger partial charge in [0, 0.05) is 26.2 Å². The molecule has 0 aromatic carbocycles. The maximum Gasteiger partial charge on any atom is 0.434 e. The normalized spacial score (nSPS) is 14.9. The highest BCUT2D eigenvalue weighted by molar-refractivity contribution is 6.27. The van der Waals surface area contributed by atoms with Crippen LogP contribution in [0.3, 0.4) is 0 Å². The zero-order valence-corrected chi connectivity index (χ0v) is 14.6. The summed E-state index contributed by atoms with van der Waals surface area (Å²) in [7, 11) is 3.17. The van der Waals surface area contributed by atoms with Gasteiger partial charge in [-0.1, -0.05) is 0 Å². The van der Waals surface area contributed by atoms with Gasteiger partial charge in [0.1, 0.15) is 12.7 Å². The standard InChI is InChI=1S/C17H16F3N5O2/c1-24(2)7-12(14(26)10-3-4-10)15(27)11-5-6-13(25-9-21-8-22-25)23-16(11)17(18,19)20/h5-10H,3-4H2,1-2H3/b12-7+. The van der Waals surface area contributed by atoms with E-state index in [9.17, 15) is 22.8 Å². The number of alkyl halides is 3. The monoisotopic (exact) mass is 379 g/mol. The second-order valence-electron chi connectivity index (χ2n) is 6.38. The van der Waals surface area contributed by atoms with Gasteiger partial charge in [-0.2, -0.15) is 18.3 Å². The lowest BCUT2D eigenvalue weighted by molar-refractivity contribution is -0.141. The Balaban J connectivity index is 2.08. The van der Waals surface area contributed by atoms with Gasteiger partial charge in [0.2, 0.25) is 0 Å². The third-order valence-electron chi connectivity index (χ3n) is 3.89. The van der Waals surface area contributed by atoms with Crippen LogP contribution in [0.25, 0.3) is 5.82 Å². The molecule has 2 heterocycles. The summed E-state index contributed by atoms with van der Waals surface area (Å²) in [4.78, 5) is 33.9. The smallest absolute Gasteiger partial charge is 0.383 e. The summed E-state index contributed by atoms with van der Waals surface area (Å²) >= 11 is 0. The summed E-state index contributed by atoms with van der Waals surface area (Å²) < 4.78 is 41.7. The molecule has 0 spiro atoms. The molecule has 3 rings (SSSR count). The van der Waals surface area contributed by atoms with Gasteiger partial charge in [-0.25, -0.2) is 14.6 Å². The molecule has 27 heavy (non-hydrogen) atoms. The topological polar surface area (TPSA) is 81.0 Å². The average molecular weight is 379 g/mol. The number of aromatic nitrogens is 4. The van der Waals surface area contributed by atoms with E-state index in [4.69, 9.17) is 0 Å². The average Bonchev–Trinajstić information content (AvgIpc) is 3.31. The van der Waals surface area contributed by atoms with Crippen LogP contribution in [0, 0.1) is 5.92 Å². The van der Waals surface area contributed by atoms with Gasteiger partial charge in [-0.3, -0.25) is 9.59 Å². The quantitative estimate of drug-likeness (QED) is 0.332. The lowest BCUT2D eigenvalue weighted by Gasteiger charge is -2.15. The minimum atomic E-state index is -4.88. The van der Waals surface area contributed by atoms with Crippen molar-refractivity contribution in [1.82, 2.24) is 24.6 Å². The second-order valence-corrected chi connectivity index (χ2v) is 6.38. The molecule has 0 aliphatic heterocycles. The van der Waals surface area contributed by atoms with Crippen molar-refractivity contribution in [3.63, 3.8) is 0 Å². The van der Waals surface area contributed by atoms with E-state index < -0.39 is 29.0 Å². The van der Waals surface area contributed by atoms with Crippen molar-refractivity contribution in [2.45, 2.75) is 19.0 Å². The highest BCUT2D eigenvalue weighted by Gasteiger charge is 2.41. The van der Waals surface area contributed by atoms with E-state index in [0.717, 1.165) is 17.1 Å². The van der Waals surface area contributed by atoms with Crippen molar-refractivity contribution < 1.29 is 22.8 Å². The highest BCUT2D eigenvalue weighted by Crippen LogP contribution is 2.36. The summed E-state index contributed by atoms with van der Waals surface area (Å²) in [5.74, 6) is -1.88. The Morgan fingerprint density at radius 2 is 1.96 bits per heavy atom. The van der Waals surface area contributed by atoms with E-state index in [2.05, 4.69) is 15.1 Å². The molecule has 2 aromatic heterocycles. The maximum absolute atomic E-state index is 13.6. The summed E-state index contributed by atoms with van der Waals surface area (Å²) in [6.07, 6.45) is -0.0148. The fourth-order valence-electron chi connectivity index (χ4n) is 2.51. The zero-order valence-electron chi connectivity index (χ0n) is 14.6. The molecule has 0 N–H and O–H groups in total. The van der Waals surface area contributed by atoms with Gasteiger partial charge in [-0.05, 0) is 25.0 Å². The molecular weight excluding hydrogens is 363 g/mol. The number of carbonyl (C=O) groups is 2. The van der Waals surface area contributed by atoms with Gasteiger partial charge in [0.05, 0.1) is 11.1 Å². The molecule has 10 heteroatoms. The number of halogens is 3. The Kier molecular flexibility index (Phi) is 4.81. The summed E-state index contributed by atoms with van der Waals surface area (Å²) in [5, 5.41) is 3.74. The molecule has 1 aliphatic rings. The molecule has 0 saturated heterocycles. The molecular formula is C17H16F3N5O2. The first-order valence-corrected chi connectivity index (χ1v) is 8.09. The van der Waals surface area contributed by atoms with Crippen molar-refractivity contribution in [3.8, 4) is 5.82 Å². The summed E-state index contributed by atoms with van der Waals surface area (Å²) in [6.45, 7) is 0. The van der Waals surface area contributed by atoms with E-state index in [1.807, 2.05) is 0 Å². The SMILES string of the molecule is CN(C)/C=C(/C(=O)c1ccc(-n2cncn2)nc1C(F)(F)F)C(=O)C1CC1. The molecule has 0 atom stereocenters. The molecule has 7 nitrogen and oxygen atoms in total. The number of nitrogens with zero attached hydrogens (tertiary/aromatic N) is 5. The molecule has 1 aliphatic carbocycles. The van der Waals surface area contributed by atoms with E-state index in [1.54, 1.807) is 14.1 Å². The molecule has 0 unspecified atom stereocenters. The fourth-order valence-corrected chi connectivity index (χ4v) is 2.51. The highest BCUT2D eigenvalue weighted by atomic mass is 19.4. The predicted molar refractivity (Wildman–Crippen MR) is 88.0 cm³/mol. The van der Waals surface area contributed by atoms with Crippen LogP contribution >= 0.6 is 0 Å². The lowest BCUT2D eigenvalue weighted by atomic mass is 9.96. The number of Topliss-reactive ketones (excluding diaryl/α,β-unsaturated/α-hetero) is 2. The van der Waals surface area contributed by atoms with Crippen LogP contribution in [-0.2, 0) is 11.0 Å². The number of hydrogen-bond donors (Lipinski definition) is 0. The Morgan fingerprint density at radius 3 is 2.48 bits per heavy atom. The lowest BCUT2D eigenvalue weighted by Crippen LogP contribution is -2.23. The summed E-state index contributed by atoms with van der Waals surface area (Å²) in [6, 6.07) is 2.24. The van der Waals surface area contributed by atoms with E-state index >= 15 is 0 Å². The second kappa shape index (κ2) is 6.93. The van der Waals surface area contributed by atoms with Crippen LogP contribution in [0.2, 0.25) is 0 Å². The molecule has 0 bridgehead atoms. The van der Waals surface area contributed by atoms with Gasteiger partial charge < -0.3 is 4.90 Å². The number of allylic oxidation sites excluding steroid dienone is 1. The fraction of sp³-hybridized carbons (Fsp3) is 0.353. The van der Waals surface area contributed by atoms with E-state index in [1.165, 1.54) is 23.5 Å². The van der Waals surface area contributed by atoms with E-state index in [-0.39, 0.29) is 17.3 Å². The van der Waals surface area contributed by atoms with Crippen molar-refractivity contribution in [3.05, 3.63) is 47.8 Å². The zero-order chi connectivity index (χ0) is 19.8. The maximum atomic E-state index is 13.6. The predicted octanol–water partition coefficient (Wildman–Crippen LogP) is 2.29. The first-order valence-electron chi connectivity index (χ1n) is 8.09. The van der Waals surface area contributed by atoms with Gasteiger partial charge >= 0.3 is 6.18 Å². The third kappa shape index (κ3) is 4.04. The van der Waals surface area contributed by atoms with Crippen molar-refractivity contribution in [2.24, 2.45) is 5.92 Å². The molecule has 1 fully saturated rings. The van der Waals surface area contributed by atoms with Crippen molar-refractivity contribution >= 4 is 11.6 Å². The molecule has 2 aromatic rings. The first kappa shape index (κ1) is 18.7. The van der Waals surface area contributed by atoms with Crippen LogP contribution in [0.4, 0.5) is 13.2 Å². The summed E-state index contributed by atoms with van der Waals surface area (Å²) in [5.41, 5.74) is -2.31. The van der Waals surface area contributed by atoms with Gasteiger partial charge in [0.15, 0.2) is 23.1 Å². The van der Waals surface area contributed by atoms with Crippen LogP contribution in [-0.4, -0.2) is 50.3 Å². The van der Waals surface area contributed by atoms with Crippen molar-refractivity contribution in [2.75, 3.05) is 14.1 Å². The van der Waals surface area contributed by atoms with Crippen LogP contribution in [0.15, 0.2) is 36.6 Å². The van der Waals surface area contributed by atoms with Gasteiger partial charge in [-0.15, -0.1) is 0 Å². The number of hydrogen-bond acceptors (Lipinski definition) is 6. The number of rotatable bonds is 6. The third-order valence-corrected chi connectivity index (χ3v) is 3.89. The molecule has 0 amide bonds. The number of carbonyl (C=O) groups excluding carboxylic acids is 2. The number of ketones is 2. The number of pyridine rings is 1. The van der Waals surface area contributed by atoms with Crippen molar-refractivity contribution in [1.29, 1.82) is 0 Å². The Morgan fingerprint density at radius 1 is 1.26 bits per heavy atom. The largest absolute Gasteiger partial charge is 0.434 e. The van der Waals surface area contributed by atoms with Crippen LogP contribution in [0.5, 0.6) is 0 Å². The Bertz CT molecular complexity index is 900. The molecule has 1 saturated carbocycles. The minimum absolute atomic E-state index is 0.136. The van der Waals surface area contributed by atoms with Crippen LogP contribution < -0.4 is 0 Å². The minimum Gasteiger partial charge on any atom is -0.383 e. The van der Waals surface area contributed by atoms with E-state index in [0.29, 0.717) is 12.8 Å². The molecule has 142 valence electrons. The van der Waals surface area contributed by atoms with Gasteiger partial charge in [0.25, 0.3) is 0 Å². The Hall–Kier alpha value is -3.04. The Labute approximate surface area is 152 Å². The first-order chi connectivity index (χ1) is 12.7.